The summed E-state index contributed by atoms with van der Waals surface area (Å²) in [4.78, 5) is 12.2. The maximum atomic E-state index is 12.2. The van der Waals surface area contributed by atoms with Crippen molar-refractivity contribution in [1.29, 1.82) is 0 Å². The van der Waals surface area contributed by atoms with E-state index in [1.165, 1.54) is 0 Å². The van der Waals surface area contributed by atoms with Gasteiger partial charge in [0, 0.05) is 30.8 Å². The lowest BCUT2D eigenvalue weighted by atomic mass is 10.2. The van der Waals surface area contributed by atoms with E-state index in [0.29, 0.717) is 49.1 Å². The number of rotatable bonds is 7. The highest BCUT2D eigenvalue weighted by atomic mass is 16.6. The van der Waals surface area contributed by atoms with Gasteiger partial charge in [0.25, 0.3) is 0 Å². The van der Waals surface area contributed by atoms with Gasteiger partial charge in [0.05, 0.1) is 19.9 Å². The van der Waals surface area contributed by atoms with E-state index < -0.39 is 0 Å². The minimum absolute atomic E-state index is 0.112. The summed E-state index contributed by atoms with van der Waals surface area (Å²) in [6, 6.07) is 10.9. The van der Waals surface area contributed by atoms with Crippen molar-refractivity contribution in [2.24, 2.45) is 0 Å². The molecule has 1 amide bonds. The Kier molecular flexibility index (Phi) is 5.68. The maximum Gasteiger partial charge on any atom is 0.226 e. The Bertz CT molecular complexity index is 779. The Morgan fingerprint density at radius 3 is 2.62 bits per heavy atom. The number of benzene rings is 2. The Hall–Kier alpha value is -3.09. The Labute approximate surface area is 152 Å². The third kappa shape index (κ3) is 4.30. The van der Waals surface area contributed by atoms with Crippen LogP contribution >= 0.6 is 0 Å². The molecular weight excluding hydrogens is 336 g/mol. The van der Waals surface area contributed by atoms with Crippen LogP contribution in [0.4, 0.5) is 11.4 Å². The highest BCUT2D eigenvalue weighted by Crippen LogP contribution is 2.32. The van der Waals surface area contributed by atoms with Crippen LogP contribution in [0.25, 0.3) is 0 Å². The normalized spacial score (nSPS) is 12.2. The summed E-state index contributed by atoms with van der Waals surface area (Å²) in [5.74, 6) is 2.57. The minimum Gasteiger partial charge on any atom is -0.497 e. The van der Waals surface area contributed by atoms with Gasteiger partial charge >= 0.3 is 0 Å². The number of carbonyl (C=O) groups excluding carboxylic acids is 1. The fourth-order valence-corrected chi connectivity index (χ4v) is 2.59. The standard InChI is InChI=1S/C19H22N2O5/c1-23-14-4-5-15(17(12-14)24-2)21-19(22)7-8-20-13-3-6-16-18(11-13)26-10-9-25-16/h3-6,11-12,20H,7-10H2,1-2H3,(H,21,22). The van der Waals surface area contributed by atoms with E-state index in [4.69, 9.17) is 18.9 Å². The predicted octanol–water partition coefficient (Wildman–Crippen LogP) is 2.92. The molecule has 2 aromatic rings. The molecule has 2 N–H and O–H groups in total. The molecule has 0 unspecified atom stereocenters. The summed E-state index contributed by atoms with van der Waals surface area (Å²) >= 11 is 0. The fourth-order valence-electron chi connectivity index (χ4n) is 2.59. The van der Waals surface area contributed by atoms with Gasteiger partial charge in [-0.05, 0) is 24.3 Å². The lowest BCUT2D eigenvalue weighted by Gasteiger charge is -2.19. The van der Waals surface area contributed by atoms with Crippen LogP contribution in [0.2, 0.25) is 0 Å². The number of methoxy groups -OCH3 is 2. The first-order chi connectivity index (χ1) is 12.7. The molecule has 0 radical (unpaired) electrons. The van der Waals surface area contributed by atoms with Crippen LogP contribution in [-0.4, -0.2) is 39.9 Å². The summed E-state index contributed by atoms with van der Waals surface area (Å²) in [5.41, 5.74) is 1.49. The zero-order valence-corrected chi connectivity index (χ0v) is 14.8. The topological polar surface area (TPSA) is 78.1 Å². The van der Waals surface area contributed by atoms with E-state index in [0.717, 1.165) is 11.4 Å². The van der Waals surface area contributed by atoms with Crippen molar-refractivity contribution in [2.75, 3.05) is 44.6 Å². The van der Waals surface area contributed by atoms with Gasteiger partial charge in [-0.2, -0.15) is 0 Å². The third-order valence-corrected chi connectivity index (χ3v) is 3.91. The summed E-state index contributed by atoms with van der Waals surface area (Å²) < 4.78 is 21.5. The fraction of sp³-hybridized carbons (Fsp3) is 0.316. The summed E-state index contributed by atoms with van der Waals surface area (Å²) in [7, 11) is 3.13. The molecule has 0 spiro atoms. The van der Waals surface area contributed by atoms with Crippen LogP contribution in [0.1, 0.15) is 6.42 Å². The van der Waals surface area contributed by atoms with Gasteiger partial charge in [-0.25, -0.2) is 0 Å². The Morgan fingerprint density at radius 2 is 1.85 bits per heavy atom. The van der Waals surface area contributed by atoms with Crippen molar-refractivity contribution in [3.8, 4) is 23.0 Å². The molecule has 0 saturated carbocycles. The van der Waals surface area contributed by atoms with Gasteiger partial charge in [-0.15, -0.1) is 0 Å². The number of fused-ring (bicyclic) bond motifs is 1. The molecule has 138 valence electrons. The molecule has 1 heterocycles. The van der Waals surface area contributed by atoms with E-state index in [1.54, 1.807) is 32.4 Å². The number of nitrogens with one attached hydrogen (secondary N) is 2. The van der Waals surface area contributed by atoms with Crippen LogP contribution in [0.15, 0.2) is 36.4 Å². The lowest BCUT2D eigenvalue weighted by molar-refractivity contribution is -0.116. The zero-order valence-electron chi connectivity index (χ0n) is 14.8. The smallest absolute Gasteiger partial charge is 0.226 e. The van der Waals surface area contributed by atoms with Crippen LogP contribution in [-0.2, 0) is 4.79 Å². The van der Waals surface area contributed by atoms with Crippen molar-refractivity contribution >= 4 is 17.3 Å². The molecule has 26 heavy (non-hydrogen) atoms. The van der Waals surface area contributed by atoms with E-state index in [-0.39, 0.29) is 5.91 Å². The SMILES string of the molecule is COc1ccc(NC(=O)CCNc2ccc3c(c2)OCCO3)c(OC)c1. The quantitative estimate of drug-likeness (QED) is 0.792. The maximum absolute atomic E-state index is 12.2. The summed E-state index contributed by atoms with van der Waals surface area (Å²) in [6.45, 7) is 1.60. The second-order valence-electron chi connectivity index (χ2n) is 5.65. The van der Waals surface area contributed by atoms with Crippen LogP contribution in [0, 0.1) is 0 Å². The molecule has 0 aromatic heterocycles. The van der Waals surface area contributed by atoms with Gasteiger partial charge in [-0.3, -0.25) is 4.79 Å². The van der Waals surface area contributed by atoms with Crippen molar-refractivity contribution in [3.05, 3.63) is 36.4 Å². The molecular formula is C19H22N2O5. The number of anilines is 2. The van der Waals surface area contributed by atoms with Gasteiger partial charge in [-0.1, -0.05) is 0 Å². The molecule has 0 fully saturated rings. The highest BCUT2D eigenvalue weighted by molar-refractivity contribution is 5.92. The number of carbonyl (C=O) groups is 1. The van der Waals surface area contributed by atoms with Gasteiger partial charge in [0.15, 0.2) is 11.5 Å². The Morgan fingerprint density at radius 1 is 1.04 bits per heavy atom. The molecule has 0 saturated heterocycles. The van der Waals surface area contributed by atoms with Crippen LogP contribution in [0.3, 0.4) is 0 Å². The van der Waals surface area contributed by atoms with Gasteiger partial charge in [0.1, 0.15) is 24.7 Å². The average molecular weight is 358 g/mol. The molecule has 0 atom stereocenters. The van der Waals surface area contributed by atoms with Crippen molar-refractivity contribution in [1.82, 2.24) is 0 Å². The summed E-state index contributed by atoms with van der Waals surface area (Å²) in [5, 5.41) is 6.06. The Balaban J connectivity index is 1.51. The molecule has 1 aliphatic rings. The predicted molar refractivity (Wildman–Crippen MR) is 98.7 cm³/mol. The molecule has 0 aliphatic carbocycles. The van der Waals surface area contributed by atoms with Crippen LogP contribution in [0.5, 0.6) is 23.0 Å². The summed E-state index contributed by atoms with van der Waals surface area (Å²) in [6.07, 6.45) is 0.309. The number of hydrogen-bond donors (Lipinski definition) is 2. The van der Waals surface area contributed by atoms with E-state index in [1.807, 2.05) is 18.2 Å². The first kappa shape index (κ1) is 17.7. The number of hydrogen-bond acceptors (Lipinski definition) is 6. The molecule has 2 aromatic carbocycles. The molecule has 3 rings (SSSR count). The van der Waals surface area contributed by atoms with Gasteiger partial charge < -0.3 is 29.6 Å². The first-order valence-electron chi connectivity index (χ1n) is 8.35. The largest absolute Gasteiger partial charge is 0.497 e. The van der Waals surface area contributed by atoms with Gasteiger partial charge in [0.2, 0.25) is 5.91 Å². The average Bonchev–Trinajstić information content (AvgIpc) is 2.68. The molecule has 0 bridgehead atoms. The lowest BCUT2D eigenvalue weighted by Crippen LogP contribution is -2.17. The van der Waals surface area contributed by atoms with Crippen LogP contribution < -0.4 is 29.6 Å². The highest BCUT2D eigenvalue weighted by Gasteiger charge is 2.12. The van der Waals surface area contributed by atoms with Crippen molar-refractivity contribution in [3.63, 3.8) is 0 Å². The van der Waals surface area contributed by atoms with Crippen molar-refractivity contribution < 1.29 is 23.7 Å². The zero-order chi connectivity index (χ0) is 18.4. The van der Waals surface area contributed by atoms with E-state index in [9.17, 15) is 4.79 Å². The second kappa shape index (κ2) is 8.33. The molecule has 7 nitrogen and oxygen atoms in total. The number of ether oxygens (including phenoxy) is 4. The molecule has 1 aliphatic heterocycles. The van der Waals surface area contributed by atoms with Crippen molar-refractivity contribution in [2.45, 2.75) is 6.42 Å². The van der Waals surface area contributed by atoms with E-state index in [2.05, 4.69) is 10.6 Å². The van der Waals surface area contributed by atoms with E-state index >= 15 is 0 Å². The second-order valence-corrected chi connectivity index (χ2v) is 5.65. The first-order valence-corrected chi connectivity index (χ1v) is 8.35. The third-order valence-electron chi connectivity index (χ3n) is 3.91. The minimum atomic E-state index is -0.112. The molecule has 7 heteroatoms. The number of amides is 1. The monoisotopic (exact) mass is 358 g/mol.